The molecule has 140 valence electrons. The molecule has 0 aliphatic carbocycles. The molecule has 0 spiro atoms. The fourth-order valence-electron chi connectivity index (χ4n) is 3.05. The monoisotopic (exact) mass is 381 g/mol. The largest absolute Gasteiger partial charge is 0.370 e. The van der Waals surface area contributed by atoms with Crippen LogP contribution in [-0.2, 0) is 15.0 Å². The lowest BCUT2D eigenvalue weighted by molar-refractivity contribution is 0.0783. The maximum atomic E-state index is 13.1. The van der Waals surface area contributed by atoms with Gasteiger partial charge in [0, 0.05) is 24.4 Å². The topological polar surface area (TPSA) is 90.3 Å². The lowest BCUT2D eigenvalue weighted by Gasteiger charge is -2.22. The van der Waals surface area contributed by atoms with Crippen molar-refractivity contribution in [3.8, 4) is 0 Å². The number of amides is 1. The minimum Gasteiger partial charge on any atom is -0.370 e. The average molecular weight is 381 g/mol. The summed E-state index contributed by atoms with van der Waals surface area (Å²) in [6.45, 7) is 4.49. The summed E-state index contributed by atoms with van der Waals surface area (Å²) in [6, 6.07) is 6.60. The number of ether oxygens (including phenoxy) is 1. The molecule has 1 amide bonds. The van der Waals surface area contributed by atoms with Crippen LogP contribution >= 0.6 is 0 Å². The van der Waals surface area contributed by atoms with Gasteiger partial charge in [0.15, 0.2) is 0 Å². The standard InChI is InChI=1S/C17H20FN3O4S/c1-11(2)21-15(6-8-19-21)16-14(7-9-25-16)20-17(22)12-4-3-5-13(10-12)26(18,23)24/h3-6,8,10-11,14,16H,7,9H2,1-2H3,(H,20,22)/t14-,16-/m1/s1. The Labute approximate surface area is 151 Å². The molecule has 7 nitrogen and oxygen atoms in total. The molecule has 3 rings (SSSR count). The third-order valence-electron chi connectivity index (χ3n) is 4.27. The first-order valence-corrected chi connectivity index (χ1v) is 9.66. The highest BCUT2D eigenvalue weighted by Gasteiger charge is 2.33. The lowest BCUT2D eigenvalue weighted by atomic mass is 10.1. The number of nitrogens with zero attached hydrogens (tertiary/aromatic N) is 2. The van der Waals surface area contributed by atoms with Gasteiger partial charge in [-0.15, -0.1) is 3.89 Å². The number of hydrogen-bond donors (Lipinski definition) is 1. The smallest absolute Gasteiger partial charge is 0.332 e. The van der Waals surface area contributed by atoms with Gasteiger partial charge < -0.3 is 10.1 Å². The summed E-state index contributed by atoms with van der Waals surface area (Å²) in [5.41, 5.74) is 0.939. The number of hydrogen-bond acceptors (Lipinski definition) is 5. The molecular formula is C17H20FN3O4S. The van der Waals surface area contributed by atoms with E-state index in [-0.39, 0.29) is 23.8 Å². The molecule has 1 fully saturated rings. The molecule has 1 N–H and O–H groups in total. The van der Waals surface area contributed by atoms with Gasteiger partial charge in [0.1, 0.15) is 6.10 Å². The number of carbonyl (C=O) groups excluding carboxylic acids is 1. The summed E-state index contributed by atoms with van der Waals surface area (Å²) in [6.07, 6.45) is 1.95. The molecule has 1 saturated heterocycles. The quantitative estimate of drug-likeness (QED) is 0.803. The van der Waals surface area contributed by atoms with Crippen molar-refractivity contribution >= 4 is 16.1 Å². The minimum atomic E-state index is -4.86. The van der Waals surface area contributed by atoms with E-state index in [1.165, 1.54) is 12.1 Å². The van der Waals surface area contributed by atoms with Gasteiger partial charge in [0.2, 0.25) is 0 Å². The van der Waals surface area contributed by atoms with Gasteiger partial charge in [0.25, 0.3) is 5.91 Å². The van der Waals surface area contributed by atoms with Crippen molar-refractivity contribution in [2.75, 3.05) is 6.61 Å². The van der Waals surface area contributed by atoms with Crippen LogP contribution in [0.3, 0.4) is 0 Å². The molecule has 1 aromatic heterocycles. The van der Waals surface area contributed by atoms with Crippen LogP contribution in [0.1, 0.15) is 48.5 Å². The van der Waals surface area contributed by atoms with Crippen LogP contribution in [0.25, 0.3) is 0 Å². The second kappa shape index (κ2) is 7.16. The molecule has 0 saturated carbocycles. The van der Waals surface area contributed by atoms with Crippen molar-refractivity contribution < 1.29 is 21.8 Å². The highest BCUT2D eigenvalue weighted by molar-refractivity contribution is 7.86. The summed E-state index contributed by atoms with van der Waals surface area (Å²) < 4.78 is 42.8. The molecule has 0 radical (unpaired) electrons. The van der Waals surface area contributed by atoms with E-state index in [2.05, 4.69) is 10.4 Å². The Balaban J connectivity index is 1.80. The van der Waals surface area contributed by atoms with Crippen LogP contribution in [0.15, 0.2) is 41.4 Å². The summed E-state index contributed by atoms with van der Waals surface area (Å²) in [5.74, 6) is -0.480. The molecule has 1 aromatic carbocycles. The predicted molar refractivity (Wildman–Crippen MR) is 91.9 cm³/mol. The first-order valence-electron chi connectivity index (χ1n) is 8.28. The third kappa shape index (κ3) is 3.78. The highest BCUT2D eigenvalue weighted by atomic mass is 32.3. The second-order valence-electron chi connectivity index (χ2n) is 6.42. The van der Waals surface area contributed by atoms with Gasteiger partial charge >= 0.3 is 10.2 Å². The van der Waals surface area contributed by atoms with E-state index < -0.39 is 21.0 Å². The summed E-state index contributed by atoms with van der Waals surface area (Å²) in [7, 11) is -4.86. The minimum absolute atomic E-state index is 0.0757. The van der Waals surface area contributed by atoms with Crippen LogP contribution in [0.4, 0.5) is 3.89 Å². The number of benzene rings is 1. The third-order valence-corrected chi connectivity index (χ3v) is 5.08. The Hall–Kier alpha value is -2.26. The average Bonchev–Trinajstić information content (AvgIpc) is 3.22. The Morgan fingerprint density at radius 3 is 2.85 bits per heavy atom. The first-order chi connectivity index (χ1) is 12.3. The Bertz CT molecular complexity index is 910. The van der Waals surface area contributed by atoms with E-state index in [4.69, 9.17) is 4.74 Å². The number of aromatic nitrogens is 2. The van der Waals surface area contributed by atoms with Crippen molar-refractivity contribution in [2.45, 2.75) is 43.4 Å². The molecule has 2 heterocycles. The van der Waals surface area contributed by atoms with E-state index in [9.17, 15) is 17.1 Å². The Morgan fingerprint density at radius 1 is 1.38 bits per heavy atom. The van der Waals surface area contributed by atoms with Crippen LogP contribution in [0.2, 0.25) is 0 Å². The molecule has 0 bridgehead atoms. The van der Waals surface area contributed by atoms with Crippen molar-refractivity contribution in [3.05, 3.63) is 47.8 Å². The molecule has 9 heteroatoms. The van der Waals surface area contributed by atoms with Crippen molar-refractivity contribution in [2.24, 2.45) is 0 Å². The van der Waals surface area contributed by atoms with E-state index in [1.807, 2.05) is 24.6 Å². The summed E-state index contributed by atoms with van der Waals surface area (Å²) in [5, 5.41) is 7.14. The maximum Gasteiger partial charge on any atom is 0.332 e. The molecular weight excluding hydrogens is 361 g/mol. The van der Waals surface area contributed by atoms with Gasteiger partial charge in [-0.1, -0.05) is 6.07 Å². The van der Waals surface area contributed by atoms with Gasteiger partial charge in [-0.05, 0) is 44.5 Å². The van der Waals surface area contributed by atoms with Crippen molar-refractivity contribution in [1.82, 2.24) is 15.1 Å². The van der Waals surface area contributed by atoms with Gasteiger partial charge in [-0.25, -0.2) is 0 Å². The second-order valence-corrected chi connectivity index (χ2v) is 7.77. The Kier molecular flexibility index (Phi) is 5.10. The van der Waals surface area contributed by atoms with Crippen molar-refractivity contribution in [1.29, 1.82) is 0 Å². The van der Waals surface area contributed by atoms with Gasteiger partial charge in [0.05, 0.1) is 16.6 Å². The van der Waals surface area contributed by atoms with Crippen molar-refractivity contribution in [3.63, 3.8) is 0 Å². The zero-order valence-electron chi connectivity index (χ0n) is 14.4. The van der Waals surface area contributed by atoms with Gasteiger partial charge in [-0.2, -0.15) is 13.5 Å². The zero-order chi connectivity index (χ0) is 18.9. The van der Waals surface area contributed by atoms with Crippen LogP contribution in [0.5, 0.6) is 0 Å². The number of carbonyl (C=O) groups is 1. The molecule has 2 atom stereocenters. The fraction of sp³-hybridized carbons (Fsp3) is 0.412. The normalized spacial score (nSPS) is 20.5. The highest BCUT2D eigenvalue weighted by Crippen LogP contribution is 2.30. The van der Waals surface area contributed by atoms with E-state index in [0.717, 1.165) is 17.8 Å². The van der Waals surface area contributed by atoms with E-state index in [1.54, 1.807) is 6.20 Å². The number of halogens is 1. The molecule has 0 unspecified atom stereocenters. The molecule has 1 aliphatic heterocycles. The summed E-state index contributed by atoms with van der Waals surface area (Å²) in [4.78, 5) is 12.0. The first kappa shape index (κ1) is 18.5. The number of nitrogens with one attached hydrogen (secondary N) is 1. The zero-order valence-corrected chi connectivity index (χ0v) is 15.2. The van der Waals surface area contributed by atoms with E-state index in [0.29, 0.717) is 13.0 Å². The molecule has 1 aliphatic rings. The maximum absolute atomic E-state index is 13.1. The van der Waals surface area contributed by atoms with E-state index >= 15 is 0 Å². The Morgan fingerprint density at radius 2 is 2.15 bits per heavy atom. The van der Waals surface area contributed by atoms with Crippen LogP contribution < -0.4 is 5.32 Å². The molecule has 26 heavy (non-hydrogen) atoms. The lowest BCUT2D eigenvalue weighted by Crippen LogP contribution is -2.37. The van der Waals surface area contributed by atoms with Crippen LogP contribution in [-0.4, -0.2) is 36.8 Å². The van der Waals surface area contributed by atoms with Crippen LogP contribution in [0, 0.1) is 0 Å². The number of rotatable bonds is 5. The van der Waals surface area contributed by atoms with Gasteiger partial charge in [-0.3, -0.25) is 9.48 Å². The SMILES string of the molecule is CC(C)n1nccc1[C@@H]1OCC[C@H]1NC(=O)c1cccc(S(=O)(=O)F)c1. The predicted octanol–water partition coefficient (Wildman–Crippen LogP) is 2.38. The summed E-state index contributed by atoms with van der Waals surface area (Å²) >= 11 is 0. The molecule has 2 aromatic rings. The fourth-order valence-corrected chi connectivity index (χ4v) is 3.56.